The normalized spacial score (nSPS) is 13.4. The second-order valence-corrected chi connectivity index (χ2v) is 8.28. The van der Waals surface area contributed by atoms with Crippen LogP contribution in [0.2, 0.25) is 0 Å². The van der Waals surface area contributed by atoms with E-state index in [0.717, 1.165) is 33.7 Å². The van der Waals surface area contributed by atoms with Crippen LogP contribution in [0.15, 0.2) is 66.9 Å². The van der Waals surface area contributed by atoms with Gasteiger partial charge in [-0.3, -0.25) is 0 Å². The van der Waals surface area contributed by atoms with E-state index in [4.69, 9.17) is 19.9 Å². The Morgan fingerprint density at radius 2 is 1.15 bits per heavy atom. The maximum absolute atomic E-state index is 4.81. The van der Waals surface area contributed by atoms with E-state index in [-0.39, 0.29) is 12.1 Å². The molecule has 0 radical (unpaired) electrons. The molecule has 2 aromatic carbocycles. The maximum Gasteiger partial charge on any atom is 0.180 e. The van der Waals surface area contributed by atoms with Gasteiger partial charge in [0.15, 0.2) is 17.3 Å². The first-order valence-electron chi connectivity index (χ1n) is 11.2. The van der Waals surface area contributed by atoms with Gasteiger partial charge in [-0.1, -0.05) is 24.3 Å². The molecule has 0 fully saturated rings. The zero-order valence-electron chi connectivity index (χ0n) is 18.7. The molecule has 4 heterocycles. The Labute approximate surface area is 195 Å². The van der Waals surface area contributed by atoms with E-state index >= 15 is 0 Å². The van der Waals surface area contributed by atoms with E-state index in [2.05, 4.69) is 25.6 Å². The first-order valence-corrected chi connectivity index (χ1v) is 11.2. The van der Waals surface area contributed by atoms with E-state index in [9.17, 15) is 0 Å². The molecule has 0 bridgehead atoms. The number of H-pyrrole nitrogens is 2. The average Bonchev–Trinajstić information content (AvgIpc) is 3.49. The number of para-hydroxylation sites is 4. The molecule has 34 heavy (non-hydrogen) atoms. The van der Waals surface area contributed by atoms with Crippen molar-refractivity contribution in [3.05, 3.63) is 78.5 Å². The molecule has 0 amide bonds. The lowest BCUT2D eigenvalue weighted by Gasteiger charge is -2.18. The molecule has 6 rings (SSSR count). The third-order valence-corrected chi connectivity index (χ3v) is 5.78. The van der Waals surface area contributed by atoms with Crippen molar-refractivity contribution in [1.82, 2.24) is 34.9 Å². The van der Waals surface area contributed by atoms with Gasteiger partial charge in [-0.15, -0.1) is 0 Å². The molecule has 0 aliphatic heterocycles. The smallest absolute Gasteiger partial charge is 0.180 e. The van der Waals surface area contributed by atoms with Crippen molar-refractivity contribution in [3.63, 3.8) is 0 Å². The van der Waals surface area contributed by atoms with E-state index < -0.39 is 0 Å². The van der Waals surface area contributed by atoms with Crippen LogP contribution in [0.3, 0.4) is 0 Å². The number of aromatic nitrogens is 7. The van der Waals surface area contributed by atoms with Crippen molar-refractivity contribution in [2.24, 2.45) is 0 Å². The molecule has 4 aromatic heterocycles. The Kier molecular flexibility index (Phi) is 4.80. The number of benzene rings is 2. The number of hydrogen-bond donors (Lipinski definition) is 4. The number of nitrogens with one attached hydrogen (secondary N) is 4. The SMILES string of the molecule is CC(Nc1nc2cccnc2nc1NC(C)c1nc2ccccc2[nH]1)c1nc2ccccc2[nH]1. The number of hydrogen-bond acceptors (Lipinski definition) is 7. The van der Waals surface area contributed by atoms with Crippen molar-refractivity contribution in [1.29, 1.82) is 0 Å². The highest BCUT2D eigenvalue weighted by Gasteiger charge is 2.19. The molecule has 168 valence electrons. The molecular weight excluding hydrogens is 426 g/mol. The van der Waals surface area contributed by atoms with Crippen LogP contribution >= 0.6 is 0 Å². The van der Waals surface area contributed by atoms with Gasteiger partial charge in [0.2, 0.25) is 0 Å². The molecule has 9 heteroatoms. The minimum Gasteiger partial charge on any atom is -0.357 e. The number of pyridine rings is 1. The van der Waals surface area contributed by atoms with E-state index in [0.29, 0.717) is 22.8 Å². The molecule has 0 saturated carbocycles. The summed E-state index contributed by atoms with van der Waals surface area (Å²) in [5.74, 6) is 2.87. The Hall–Kier alpha value is -4.53. The Morgan fingerprint density at radius 3 is 1.74 bits per heavy atom. The van der Waals surface area contributed by atoms with Gasteiger partial charge in [0.25, 0.3) is 0 Å². The average molecular weight is 450 g/mol. The first kappa shape index (κ1) is 20.1. The van der Waals surface area contributed by atoms with E-state index in [1.807, 2.05) is 74.5 Å². The predicted molar refractivity (Wildman–Crippen MR) is 134 cm³/mol. The minimum absolute atomic E-state index is 0.127. The highest BCUT2D eigenvalue weighted by atomic mass is 15.2. The molecule has 0 aliphatic carbocycles. The van der Waals surface area contributed by atoms with Crippen LogP contribution in [0.4, 0.5) is 11.6 Å². The summed E-state index contributed by atoms with van der Waals surface area (Å²) >= 11 is 0. The maximum atomic E-state index is 4.81. The topological polar surface area (TPSA) is 120 Å². The van der Waals surface area contributed by atoms with Crippen LogP contribution in [-0.2, 0) is 0 Å². The lowest BCUT2D eigenvalue weighted by molar-refractivity contribution is 0.793. The summed E-state index contributed by atoms with van der Waals surface area (Å²) in [6.45, 7) is 4.08. The first-order chi connectivity index (χ1) is 16.6. The van der Waals surface area contributed by atoms with E-state index in [1.54, 1.807) is 6.20 Å². The standard InChI is InChI=1S/C25H23N9/c1-14(21-29-16-8-3-4-9-17(16)30-21)27-24-25(34-23-20(33-24)12-7-13-26-23)28-15(2)22-31-18-10-5-6-11-19(18)32-22/h3-15H,1-2H3,(H,27,33)(H,29,30)(H,31,32)(H,26,28,34). The lowest BCUT2D eigenvalue weighted by atomic mass is 10.3. The number of fused-ring (bicyclic) bond motifs is 3. The molecule has 2 unspecified atom stereocenters. The van der Waals surface area contributed by atoms with Gasteiger partial charge < -0.3 is 20.6 Å². The molecule has 2 atom stereocenters. The quantitative estimate of drug-likeness (QED) is 0.278. The molecule has 0 aliphatic rings. The molecule has 0 spiro atoms. The third-order valence-electron chi connectivity index (χ3n) is 5.78. The fourth-order valence-corrected chi connectivity index (χ4v) is 4.00. The summed E-state index contributed by atoms with van der Waals surface area (Å²) < 4.78 is 0. The highest BCUT2D eigenvalue weighted by molar-refractivity contribution is 5.78. The zero-order chi connectivity index (χ0) is 23.1. The summed E-state index contributed by atoms with van der Waals surface area (Å²) in [5, 5.41) is 6.94. The monoisotopic (exact) mass is 449 g/mol. The number of imidazole rings is 2. The molecule has 9 nitrogen and oxygen atoms in total. The Bertz CT molecular complexity index is 1430. The van der Waals surface area contributed by atoms with Crippen molar-refractivity contribution in [2.75, 3.05) is 10.6 Å². The second kappa shape index (κ2) is 8.11. The lowest BCUT2D eigenvalue weighted by Crippen LogP contribution is -2.16. The van der Waals surface area contributed by atoms with Gasteiger partial charge in [-0.05, 0) is 50.2 Å². The van der Waals surface area contributed by atoms with Crippen LogP contribution in [0, 0.1) is 0 Å². The molecular formula is C25H23N9. The fraction of sp³-hybridized carbons (Fsp3) is 0.160. The Balaban J connectivity index is 1.34. The summed E-state index contributed by atoms with van der Waals surface area (Å²) in [6, 6.07) is 19.4. The second-order valence-electron chi connectivity index (χ2n) is 8.28. The number of aromatic amines is 2. The Morgan fingerprint density at radius 1 is 0.618 bits per heavy atom. The van der Waals surface area contributed by atoms with Gasteiger partial charge in [0.05, 0.1) is 34.2 Å². The van der Waals surface area contributed by atoms with Crippen molar-refractivity contribution in [2.45, 2.75) is 25.9 Å². The van der Waals surface area contributed by atoms with Gasteiger partial charge in [-0.2, -0.15) is 0 Å². The van der Waals surface area contributed by atoms with Gasteiger partial charge in [0.1, 0.15) is 17.2 Å². The number of nitrogens with zero attached hydrogens (tertiary/aromatic N) is 5. The highest BCUT2D eigenvalue weighted by Crippen LogP contribution is 2.28. The summed E-state index contributed by atoms with van der Waals surface area (Å²) in [6.07, 6.45) is 1.72. The number of anilines is 2. The van der Waals surface area contributed by atoms with Crippen molar-refractivity contribution >= 4 is 44.9 Å². The molecule has 6 aromatic rings. The van der Waals surface area contributed by atoms with E-state index in [1.165, 1.54) is 0 Å². The molecule has 0 saturated heterocycles. The summed E-state index contributed by atoms with van der Waals surface area (Å²) in [7, 11) is 0. The summed E-state index contributed by atoms with van der Waals surface area (Å²) in [4.78, 5) is 30.2. The van der Waals surface area contributed by atoms with Gasteiger partial charge >= 0.3 is 0 Å². The van der Waals surface area contributed by atoms with Crippen LogP contribution < -0.4 is 10.6 Å². The zero-order valence-corrected chi connectivity index (χ0v) is 18.7. The fourth-order valence-electron chi connectivity index (χ4n) is 4.00. The van der Waals surface area contributed by atoms with Crippen LogP contribution in [0.5, 0.6) is 0 Å². The third kappa shape index (κ3) is 3.66. The predicted octanol–water partition coefficient (Wildman–Crippen LogP) is 5.12. The van der Waals surface area contributed by atoms with Crippen LogP contribution in [-0.4, -0.2) is 34.9 Å². The largest absolute Gasteiger partial charge is 0.357 e. The van der Waals surface area contributed by atoms with Crippen LogP contribution in [0.1, 0.15) is 37.6 Å². The van der Waals surface area contributed by atoms with Crippen molar-refractivity contribution in [3.8, 4) is 0 Å². The van der Waals surface area contributed by atoms with Crippen LogP contribution in [0.25, 0.3) is 33.2 Å². The van der Waals surface area contributed by atoms with Gasteiger partial charge in [0, 0.05) is 6.20 Å². The minimum atomic E-state index is -0.134. The van der Waals surface area contributed by atoms with Crippen molar-refractivity contribution < 1.29 is 0 Å². The molecule has 4 N–H and O–H groups in total. The number of rotatable bonds is 6. The van der Waals surface area contributed by atoms with Gasteiger partial charge in [-0.25, -0.2) is 24.9 Å². The summed E-state index contributed by atoms with van der Waals surface area (Å²) in [5.41, 5.74) is 5.13.